The van der Waals surface area contributed by atoms with Crippen molar-refractivity contribution in [3.63, 3.8) is 0 Å². The summed E-state index contributed by atoms with van der Waals surface area (Å²) < 4.78 is 0. The van der Waals surface area contributed by atoms with Crippen molar-refractivity contribution in [2.75, 3.05) is 27.2 Å². The van der Waals surface area contributed by atoms with E-state index < -0.39 is 0 Å². The molecule has 5 heteroatoms. The van der Waals surface area contributed by atoms with Crippen molar-refractivity contribution in [2.45, 2.75) is 12.5 Å². The van der Waals surface area contributed by atoms with Crippen LogP contribution in [0.3, 0.4) is 0 Å². The van der Waals surface area contributed by atoms with Crippen LogP contribution in [-0.4, -0.2) is 59.1 Å². The zero-order valence-electron chi connectivity index (χ0n) is 19.0. The van der Waals surface area contributed by atoms with E-state index >= 15 is 0 Å². The second-order valence-corrected chi connectivity index (χ2v) is 8.81. The summed E-state index contributed by atoms with van der Waals surface area (Å²) in [5.41, 5.74) is 5.96. The molecule has 1 aliphatic heterocycles. The summed E-state index contributed by atoms with van der Waals surface area (Å²) in [5.74, 6) is 0.0896. The van der Waals surface area contributed by atoms with Gasteiger partial charge in [0.1, 0.15) is 0 Å². The molecule has 166 valence electrons. The molecule has 0 spiro atoms. The number of aromatic amines is 1. The van der Waals surface area contributed by atoms with Crippen LogP contribution in [-0.2, 0) is 0 Å². The Morgan fingerprint density at radius 3 is 2.61 bits per heavy atom. The number of likely N-dealkylation sites (tertiary alicyclic amines) is 1. The second-order valence-electron chi connectivity index (χ2n) is 8.81. The van der Waals surface area contributed by atoms with Crippen LogP contribution in [0.15, 0.2) is 72.8 Å². The summed E-state index contributed by atoms with van der Waals surface area (Å²) in [5, 5.41) is 8.53. The molecule has 4 aromatic rings. The van der Waals surface area contributed by atoms with Crippen molar-refractivity contribution < 1.29 is 4.79 Å². The average molecular weight is 437 g/mol. The Morgan fingerprint density at radius 1 is 1.03 bits per heavy atom. The Morgan fingerprint density at radius 2 is 1.82 bits per heavy atom. The lowest BCUT2D eigenvalue weighted by Crippen LogP contribution is -2.34. The topological polar surface area (TPSA) is 52.2 Å². The first-order chi connectivity index (χ1) is 16.1. The highest BCUT2D eigenvalue weighted by Gasteiger charge is 2.28. The van der Waals surface area contributed by atoms with Crippen molar-refractivity contribution >= 4 is 29.0 Å². The number of carbonyl (C=O) groups excluding carboxylic acids is 1. The van der Waals surface area contributed by atoms with Gasteiger partial charge in [0, 0.05) is 30.1 Å². The molecule has 5 nitrogen and oxygen atoms in total. The highest BCUT2D eigenvalue weighted by molar-refractivity contribution is 6.00. The molecule has 0 bridgehead atoms. The van der Waals surface area contributed by atoms with Crippen LogP contribution in [0, 0.1) is 0 Å². The summed E-state index contributed by atoms with van der Waals surface area (Å²) >= 11 is 0. The summed E-state index contributed by atoms with van der Waals surface area (Å²) in [6.45, 7) is 1.58. The highest BCUT2D eigenvalue weighted by atomic mass is 16.2. The highest BCUT2D eigenvalue weighted by Crippen LogP contribution is 2.27. The van der Waals surface area contributed by atoms with Crippen LogP contribution in [0.4, 0.5) is 0 Å². The normalized spacial score (nSPS) is 16.3. The lowest BCUT2D eigenvalue weighted by atomic mass is 9.99. The number of nitrogens with zero attached hydrogens (tertiary/aromatic N) is 3. The Bertz CT molecular complexity index is 1310. The van der Waals surface area contributed by atoms with Crippen LogP contribution >= 0.6 is 0 Å². The van der Waals surface area contributed by atoms with E-state index in [9.17, 15) is 4.79 Å². The third-order valence-electron chi connectivity index (χ3n) is 6.49. The van der Waals surface area contributed by atoms with Gasteiger partial charge in [-0.15, -0.1) is 0 Å². The molecular formula is C28H28N4O. The number of nitrogens with one attached hydrogen (secondary N) is 1. The number of amides is 1. The molecule has 5 rings (SSSR count). The van der Waals surface area contributed by atoms with Crippen molar-refractivity contribution in [1.82, 2.24) is 20.0 Å². The predicted octanol–water partition coefficient (Wildman–Crippen LogP) is 5.18. The van der Waals surface area contributed by atoms with Crippen LogP contribution in [0.1, 0.15) is 28.0 Å². The van der Waals surface area contributed by atoms with Gasteiger partial charge in [-0.2, -0.15) is 5.10 Å². The molecule has 1 saturated heterocycles. The smallest absolute Gasteiger partial charge is 0.253 e. The molecule has 0 radical (unpaired) electrons. The van der Waals surface area contributed by atoms with Gasteiger partial charge >= 0.3 is 0 Å². The first-order valence-corrected chi connectivity index (χ1v) is 11.4. The van der Waals surface area contributed by atoms with Gasteiger partial charge in [0.05, 0.1) is 11.2 Å². The van der Waals surface area contributed by atoms with Gasteiger partial charge in [0.25, 0.3) is 5.91 Å². The summed E-state index contributed by atoms with van der Waals surface area (Å²) in [6.07, 6.45) is 5.16. The van der Waals surface area contributed by atoms with Crippen LogP contribution < -0.4 is 0 Å². The van der Waals surface area contributed by atoms with Crippen LogP contribution in [0.2, 0.25) is 0 Å². The van der Waals surface area contributed by atoms with E-state index in [1.54, 1.807) is 0 Å². The summed E-state index contributed by atoms with van der Waals surface area (Å²) in [7, 11) is 4.15. The fraction of sp³-hybridized carbons (Fsp3) is 0.214. The largest absolute Gasteiger partial charge is 0.337 e. The van der Waals surface area contributed by atoms with Crippen molar-refractivity contribution in [3.8, 4) is 11.1 Å². The molecular weight excluding hydrogens is 408 g/mol. The lowest BCUT2D eigenvalue weighted by Gasteiger charge is -2.20. The van der Waals surface area contributed by atoms with E-state index in [2.05, 4.69) is 77.7 Å². The molecule has 1 unspecified atom stereocenters. The van der Waals surface area contributed by atoms with E-state index in [0.717, 1.165) is 41.7 Å². The standard InChI is InChI=1S/C28H28N4O/c1-31(2)23-16-17-32(19-23)28(33)22-13-15-27-25(18-22)26(29-30-27)14-12-21-10-6-7-11-24(21)20-8-4-3-5-9-20/h3-15,18,23H,16-17,19H2,1-2H3,(H,29,30)/b14-12-. The number of fused-ring (bicyclic) bond motifs is 1. The molecule has 1 fully saturated rings. The summed E-state index contributed by atoms with van der Waals surface area (Å²) in [6, 6.07) is 24.9. The molecule has 1 aromatic heterocycles. The fourth-order valence-corrected chi connectivity index (χ4v) is 4.52. The summed E-state index contributed by atoms with van der Waals surface area (Å²) in [4.78, 5) is 17.3. The molecule has 0 aliphatic carbocycles. The third-order valence-corrected chi connectivity index (χ3v) is 6.49. The fourth-order valence-electron chi connectivity index (χ4n) is 4.52. The van der Waals surface area contributed by atoms with Crippen molar-refractivity contribution in [2.24, 2.45) is 0 Å². The number of hydrogen-bond acceptors (Lipinski definition) is 3. The maximum Gasteiger partial charge on any atom is 0.253 e. The molecule has 1 aliphatic rings. The number of carbonyl (C=O) groups is 1. The van der Waals surface area contributed by atoms with Crippen LogP contribution in [0.5, 0.6) is 0 Å². The number of aromatic nitrogens is 2. The van der Waals surface area contributed by atoms with E-state index in [4.69, 9.17) is 0 Å². The number of likely N-dealkylation sites (N-methyl/N-ethyl adjacent to an activating group) is 1. The van der Waals surface area contributed by atoms with Crippen molar-refractivity contribution in [1.29, 1.82) is 0 Å². The Labute approximate surface area is 194 Å². The molecule has 3 aromatic carbocycles. The molecule has 0 saturated carbocycles. The molecule has 2 heterocycles. The van der Waals surface area contributed by atoms with E-state index in [1.807, 2.05) is 41.3 Å². The first-order valence-electron chi connectivity index (χ1n) is 11.4. The Kier molecular flexibility index (Phi) is 5.80. The maximum absolute atomic E-state index is 13.1. The van der Waals surface area contributed by atoms with Crippen LogP contribution in [0.25, 0.3) is 34.2 Å². The minimum atomic E-state index is 0.0896. The molecule has 33 heavy (non-hydrogen) atoms. The monoisotopic (exact) mass is 436 g/mol. The third kappa shape index (κ3) is 4.32. The van der Waals surface area contributed by atoms with Gasteiger partial charge in [-0.3, -0.25) is 9.89 Å². The maximum atomic E-state index is 13.1. The number of H-pyrrole nitrogens is 1. The second kappa shape index (κ2) is 9.04. The predicted molar refractivity (Wildman–Crippen MR) is 135 cm³/mol. The number of rotatable bonds is 5. The Hall–Kier alpha value is -3.70. The molecule has 1 atom stereocenters. The van der Waals surface area contributed by atoms with Gasteiger partial charge < -0.3 is 9.80 Å². The SMILES string of the molecule is CN(C)C1CCN(C(=O)c2ccc3n[nH]c(/C=C\c4ccccc4-c4ccccc4)c3c2)C1. The lowest BCUT2D eigenvalue weighted by molar-refractivity contribution is 0.0783. The van der Waals surface area contributed by atoms with Gasteiger partial charge in [0.15, 0.2) is 0 Å². The number of benzene rings is 3. The minimum absolute atomic E-state index is 0.0896. The quantitative estimate of drug-likeness (QED) is 0.469. The van der Waals surface area contributed by atoms with E-state index in [0.29, 0.717) is 11.6 Å². The van der Waals surface area contributed by atoms with Gasteiger partial charge in [-0.1, -0.05) is 60.7 Å². The molecule has 1 N–H and O–H groups in total. The zero-order valence-corrected chi connectivity index (χ0v) is 19.0. The number of hydrogen-bond donors (Lipinski definition) is 1. The van der Waals surface area contributed by atoms with E-state index in [1.165, 1.54) is 11.1 Å². The van der Waals surface area contributed by atoms with E-state index in [-0.39, 0.29) is 5.91 Å². The molecule has 1 amide bonds. The minimum Gasteiger partial charge on any atom is -0.337 e. The zero-order chi connectivity index (χ0) is 22.8. The van der Waals surface area contributed by atoms with Crippen molar-refractivity contribution in [3.05, 3.63) is 89.6 Å². The van der Waals surface area contributed by atoms with Gasteiger partial charge in [-0.05, 0) is 61.5 Å². The van der Waals surface area contributed by atoms with Gasteiger partial charge in [-0.25, -0.2) is 0 Å². The van der Waals surface area contributed by atoms with Gasteiger partial charge in [0.2, 0.25) is 0 Å². The Balaban J connectivity index is 1.43. The average Bonchev–Trinajstić information content (AvgIpc) is 3.50. The first kappa shape index (κ1) is 21.2.